The summed E-state index contributed by atoms with van der Waals surface area (Å²) in [6.45, 7) is 2.90. The van der Waals surface area contributed by atoms with Gasteiger partial charge in [0.15, 0.2) is 0 Å². The predicted octanol–water partition coefficient (Wildman–Crippen LogP) is 1.79. The first-order valence-electron chi connectivity index (χ1n) is 8.40. The molecule has 1 aromatic carbocycles. The van der Waals surface area contributed by atoms with Gasteiger partial charge in [0, 0.05) is 26.2 Å². The molecule has 3 rings (SSSR count). The van der Waals surface area contributed by atoms with Crippen LogP contribution < -0.4 is 11.1 Å². The third kappa shape index (κ3) is 4.43. The highest BCUT2D eigenvalue weighted by Gasteiger charge is 2.24. The number of hydrogen-bond donors (Lipinski definition) is 2. The molecule has 7 nitrogen and oxygen atoms in total. The van der Waals surface area contributed by atoms with Crippen molar-refractivity contribution in [2.75, 3.05) is 38.0 Å². The maximum Gasteiger partial charge on any atom is 0.257 e. The smallest absolute Gasteiger partial charge is 0.257 e. The van der Waals surface area contributed by atoms with E-state index in [1.165, 1.54) is 6.26 Å². The standard InChI is InChI=1S/C18H21ClN4O3/c19-15-3-1-2-4-16(15)21-17(24)11-22-5-7-23(8-6-22)18(25)13-9-14(10-20)26-12-13/h1-4,9,12H,5-8,10-11,20H2,(H,21,24). The fourth-order valence-electron chi connectivity index (χ4n) is 2.85. The van der Waals surface area contributed by atoms with Crippen molar-refractivity contribution in [3.8, 4) is 0 Å². The number of benzene rings is 1. The number of carbonyl (C=O) groups excluding carboxylic acids is 2. The average Bonchev–Trinajstić information content (AvgIpc) is 3.13. The number of amides is 2. The first kappa shape index (κ1) is 18.4. The van der Waals surface area contributed by atoms with Crippen molar-refractivity contribution in [3.05, 3.63) is 52.9 Å². The lowest BCUT2D eigenvalue weighted by Crippen LogP contribution is -2.50. The van der Waals surface area contributed by atoms with Crippen LogP contribution in [0.4, 0.5) is 5.69 Å². The highest BCUT2D eigenvalue weighted by Crippen LogP contribution is 2.20. The van der Waals surface area contributed by atoms with E-state index in [1.807, 2.05) is 17.0 Å². The molecule has 0 atom stereocenters. The summed E-state index contributed by atoms with van der Waals surface area (Å²) in [5, 5.41) is 3.32. The van der Waals surface area contributed by atoms with Crippen LogP contribution >= 0.6 is 11.6 Å². The van der Waals surface area contributed by atoms with Crippen molar-refractivity contribution in [3.63, 3.8) is 0 Å². The fourth-order valence-corrected chi connectivity index (χ4v) is 3.03. The normalized spacial score (nSPS) is 15.1. The SMILES string of the molecule is NCc1cc(C(=O)N2CCN(CC(=O)Nc3ccccc3Cl)CC2)co1. The zero-order valence-electron chi connectivity index (χ0n) is 14.3. The summed E-state index contributed by atoms with van der Waals surface area (Å²) in [5.41, 5.74) is 6.61. The Hall–Kier alpha value is -2.35. The van der Waals surface area contributed by atoms with Crippen molar-refractivity contribution < 1.29 is 14.0 Å². The second-order valence-corrected chi connectivity index (χ2v) is 6.51. The number of hydrogen-bond acceptors (Lipinski definition) is 5. The quantitative estimate of drug-likeness (QED) is 0.830. The number of piperazine rings is 1. The molecule has 1 aliphatic rings. The van der Waals surface area contributed by atoms with Crippen LogP contribution in [0, 0.1) is 0 Å². The molecule has 0 radical (unpaired) electrons. The lowest BCUT2D eigenvalue weighted by Gasteiger charge is -2.34. The summed E-state index contributed by atoms with van der Waals surface area (Å²) in [5.74, 6) is 0.386. The average molecular weight is 377 g/mol. The number of nitrogens with zero attached hydrogens (tertiary/aromatic N) is 2. The Bertz CT molecular complexity index is 784. The molecule has 26 heavy (non-hydrogen) atoms. The molecule has 1 aliphatic heterocycles. The monoisotopic (exact) mass is 376 g/mol. The summed E-state index contributed by atoms with van der Waals surface area (Å²) in [6.07, 6.45) is 1.44. The minimum Gasteiger partial charge on any atom is -0.467 e. The molecule has 0 spiro atoms. The van der Waals surface area contributed by atoms with E-state index in [2.05, 4.69) is 5.32 Å². The van der Waals surface area contributed by atoms with E-state index in [4.69, 9.17) is 21.8 Å². The van der Waals surface area contributed by atoms with Crippen molar-refractivity contribution >= 4 is 29.1 Å². The largest absolute Gasteiger partial charge is 0.467 e. The lowest BCUT2D eigenvalue weighted by molar-refractivity contribution is -0.117. The maximum atomic E-state index is 12.4. The van der Waals surface area contributed by atoms with Gasteiger partial charge in [0.2, 0.25) is 5.91 Å². The molecule has 8 heteroatoms. The highest BCUT2D eigenvalue weighted by atomic mass is 35.5. The summed E-state index contributed by atoms with van der Waals surface area (Å²) >= 11 is 6.05. The third-order valence-electron chi connectivity index (χ3n) is 4.28. The molecule has 0 unspecified atom stereocenters. The third-order valence-corrected chi connectivity index (χ3v) is 4.61. The van der Waals surface area contributed by atoms with Crippen LogP contribution in [-0.4, -0.2) is 54.3 Å². The van der Waals surface area contributed by atoms with Crippen LogP contribution in [0.3, 0.4) is 0 Å². The fraction of sp³-hybridized carbons (Fsp3) is 0.333. The number of para-hydroxylation sites is 1. The Morgan fingerprint density at radius 2 is 1.92 bits per heavy atom. The van der Waals surface area contributed by atoms with Gasteiger partial charge >= 0.3 is 0 Å². The van der Waals surface area contributed by atoms with Crippen LogP contribution in [0.15, 0.2) is 41.0 Å². The minimum absolute atomic E-state index is 0.0754. The van der Waals surface area contributed by atoms with E-state index in [0.29, 0.717) is 48.2 Å². The number of nitrogens with two attached hydrogens (primary N) is 1. The van der Waals surface area contributed by atoms with Gasteiger partial charge in [-0.25, -0.2) is 0 Å². The van der Waals surface area contributed by atoms with Crippen molar-refractivity contribution in [2.24, 2.45) is 5.73 Å². The molecular formula is C18H21ClN4O3. The molecule has 0 saturated carbocycles. The van der Waals surface area contributed by atoms with Crippen molar-refractivity contribution in [1.29, 1.82) is 0 Å². The molecule has 2 aromatic rings. The Labute approximate surface area is 156 Å². The van der Waals surface area contributed by atoms with E-state index >= 15 is 0 Å². The van der Waals surface area contributed by atoms with Gasteiger partial charge in [-0.15, -0.1) is 0 Å². The van der Waals surface area contributed by atoms with Gasteiger partial charge < -0.3 is 20.4 Å². The van der Waals surface area contributed by atoms with E-state index < -0.39 is 0 Å². The van der Waals surface area contributed by atoms with Crippen LogP contribution in [0.5, 0.6) is 0 Å². The summed E-state index contributed by atoms with van der Waals surface area (Å²) in [4.78, 5) is 28.4. The number of anilines is 1. The molecule has 0 bridgehead atoms. The highest BCUT2D eigenvalue weighted by molar-refractivity contribution is 6.33. The first-order chi connectivity index (χ1) is 12.6. The van der Waals surface area contributed by atoms with Crippen LogP contribution in [0.1, 0.15) is 16.1 Å². The number of halogens is 1. The number of furan rings is 1. The van der Waals surface area contributed by atoms with Crippen molar-refractivity contribution in [1.82, 2.24) is 9.80 Å². The summed E-state index contributed by atoms with van der Waals surface area (Å²) in [7, 11) is 0. The molecule has 3 N–H and O–H groups in total. The van der Waals surface area contributed by atoms with E-state index in [0.717, 1.165) is 0 Å². The Morgan fingerprint density at radius 1 is 1.19 bits per heavy atom. The van der Waals surface area contributed by atoms with Gasteiger partial charge in [-0.3, -0.25) is 14.5 Å². The zero-order valence-corrected chi connectivity index (χ0v) is 15.0. The molecule has 138 valence electrons. The molecule has 2 heterocycles. The predicted molar refractivity (Wildman–Crippen MR) is 99.0 cm³/mol. The minimum atomic E-state index is -0.125. The molecule has 1 aromatic heterocycles. The van der Waals surface area contributed by atoms with Gasteiger partial charge in [-0.05, 0) is 18.2 Å². The molecule has 1 saturated heterocycles. The Morgan fingerprint density at radius 3 is 2.58 bits per heavy atom. The van der Waals surface area contributed by atoms with Crippen LogP contribution in [0.25, 0.3) is 0 Å². The van der Waals surface area contributed by atoms with Crippen LogP contribution in [0.2, 0.25) is 5.02 Å². The maximum absolute atomic E-state index is 12.4. The summed E-state index contributed by atoms with van der Waals surface area (Å²) < 4.78 is 5.22. The van der Waals surface area contributed by atoms with E-state index in [-0.39, 0.29) is 24.9 Å². The topological polar surface area (TPSA) is 91.8 Å². The van der Waals surface area contributed by atoms with Gasteiger partial charge in [-0.2, -0.15) is 0 Å². The van der Waals surface area contributed by atoms with Crippen LogP contribution in [-0.2, 0) is 11.3 Å². The molecule has 0 aliphatic carbocycles. The van der Waals surface area contributed by atoms with E-state index in [1.54, 1.807) is 23.1 Å². The number of rotatable bonds is 5. The Kier molecular flexibility index (Phi) is 5.92. The first-order valence-corrected chi connectivity index (χ1v) is 8.78. The molecule has 1 fully saturated rings. The van der Waals surface area contributed by atoms with Gasteiger partial charge in [0.05, 0.1) is 29.4 Å². The zero-order chi connectivity index (χ0) is 18.5. The lowest BCUT2D eigenvalue weighted by atomic mass is 10.2. The second-order valence-electron chi connectivity index (χ2n) is 6.10. The summed E-state index contributed by atoms with van der Waals surface area (Å²) in [6, 6.07) is 8.79. The van der Waals surface area contributed by atoms with Gasteiger partial charge in [-0.1, -0.05) is 23.7 Å². The number of carbonyl (C=O) groups is 2. The number of nitrogens with one attached hydrogen (secondary N) is 1. The van der Waals surface area contributed by atoms with E-state index in [9.17, 15) is 9.59 Å². The second kappa shape index (κ2) is 8.35. The van der Waals surface area contributed by atoms with Crippen molar-refractivity contribution in [2.45, 2.75) is 6.54 Å². The molecular weight excluding hydrogens is 356 g/mol. The van der Waals surface area contributed by atoms with Gasteiger partial charge in [0.1, 0.15) is 12.0 Å². The van der Waals surface area contributed by atoms with Gasteiger partial charge in [0.25, 0.3) is 5.91 Å². The molecule has 2 amide bonds. The Balaban J connectivity index is 1.48.